The Kier molecular flexibility index (Phi) is 7.35. The second-order valence-corrected chi connectivity index (χ2v) is 6.18. The van der Waals surface area contributed by atoms with Gasteiger partial charge in [-0.25, -0.2) is 0 Å². The number of halogens is 1. The van der Waals surface area contributed by atoms with Crippen LogP contribution in [-0.4, -0.2) is 42.9 Å². The summed E-state index contributed by atoms with van der Waals surface area (Å²) in [5.74, 6) is -0.222. The Balaban J connectivity index is 2.43. The minimum Gasteiger partial charge on any atom is -0.353 e. The number of rotatable bonds is 7. The van der Waals surface area contributed by atoms with Crippen LogP contribution in [0.3, 0.4) is 0 Å². The van der Waals surface area contributed by atoms with E-state index in [9.17, 15) is 9.59 Å². The summed E-state index contributed by atoms with van der Waals surface area (Å²) in [6.07, 6.45) is 0. The monoisotopic (exact) mass is 325 g/mol. The third-order valence-electron chi connectivity index (χ3n) is 3.00. The molecule has 1 aromatic rings. The molecule has 0 fully saturated rings. The number of nitrogens with zero attached hydrogens (tertiary/aromatic N) is 1. The van der Waals surface area contributed by atoms with Gasteiger partial charge in [-0.15, -0.1) is 0 Å². The quantitative estimate of drug-likeness (QED) is 0.805. The molecule has 5 nitrogen and oxygen atoms in total. The average molecular weight is 326 g/mol. The van der Waals surface area contributed by atoms with Crippen molar-refractivity contribution in [3.63, 3.8) is 0 Å². The molecule has 0 saturated carbocycles. The normalized spacial score (nSPS) is 12.3. The Morgan fingerprint density at radius 2 is 1.73 bits per heavy atom. The average Bonchev–Trinajstić information content (AvgIpc) is 2.36. The first-order valence-electron chi connectivity index (χ1n) is 7.30. The van der Waals surface area contributed by atoms with Gasteiger partial charge >= 0.3 is 0 Å². The Hall–Kier alpha value is -1.59. The van der Waals surface area contributed by atoms with E-state index in [1.807, 2.05) is 39.0 Å². The van der Waals surface area contributed by atoms with Gasteiger partial charge in [0, 0.05) is 11.1 Å². The lowest BCUT2D eigenvalue weighted by Gasteiger charge is -2.19. The summed E-state index contributed by atoms with van der Waals surface area (Å²) >= 11 is 5.94. The van der Waals surface area contributed by atoms with Crippen LogP contribution in [-0.2, 0) is 9.59 Å². The first-order valence-corrected chi connectivity index (χ1v) is 7.68. The zero-order valence-corrected chi connectivity index (χ0v) is 14.3. The molecule has 1 unspecified atom stereocenters. The van der Waals surface area contributed by atoms with Crippen LogP contribution in [0.5, 0.6) is 0 Å². The molecule has 2 N–H and O–H groups in total. The fraction of sp³-hybridized carbons (Fsp3) is 0.500. The summed E-state index contributed by atoms with van der Waals surface area (Å²) < 4.78 is 0. The van der Waals surface area contributed by atoms with Crippen LogP contribution in [0, 0.1) is 0 Å². The molecule has 6 heteroatoms. The van der Waals surface area contributed by atoms with E-state index in [0.717, 1.165) is 5.56 Å². The molecule has 1 atom stereocenters. The summed E-state index contributed by atoms with van der Waals surface area (Å²) in [5, 5.41) is 6.33. The maximum atomic E-state index is 12.0. The second kappa shape index (κ2) is 8.76. The second-order valence-electron chi connectivity index (χ2n) is 5.74. The molecule has 1 aromatic carbocycles. The van der Waals surface area contributed by atoms with Crippen LogP contribution in [0.15, 0.2) is 24.3 Å². The minimum absolute atomic E-state index is 0.0896. The van der Waals surface area contributed by atoms with E-state index < -0.39 is 0 Å². The van der Waals surface area contributed by atoms with Crippen molar-refractivity contribution in [3.05, 3.63) is 34.9 Å². The summed E-state index contributed by atoms with van der Waals surface area (Å²) in [6.45, 7) is 6.05. The number of benzene rings is 1. The fourth-order valence-corrected chi connectivity index (χ4v) is 2.26. The lowest BCUT2D eigenvalue weighted by Crippen LogP contribution is -2.42. The van der Waals surface area contributed by atoms with E-state index in [-0.39, 0.29) is 37.0 Å². The number of hydrogen-bond donors (Lipinski definition) is 2. The minimum atomic E-state index is -0.135. The molecular weight excluding hydrogens is 302 g/mol. The number of likely N-dealkylation sites (N-methyl/N-ethyl adjacent to an activating group) is 1. The Morgan fingerprint density at radius 3 is 2.27 bits per heavy atom. The molecule has 0 heterocycles. The third kappa shape index (κ3) is 6.91. The van der Waals surface area contributed by atoms with Crippen molar-refractivity contribution in [1.82, 2.24) is 15.5 Å². The molecule has 0 radical (unpaired) electrons. The van der Waals surface area contributed by atoms with Crippen molar-refractivity contribution in [2.45, 2.75) is 32.9 Å². The molecule has 0 aliphatic heterocycles. The van der Waals surface area contributed by atoms with E-state index >= 15 is 0 Å². The van der Waals surface area contributed by atoms with E-state index in [1.165, 1.54) is 0 Å². The van der Waals surface area contributed by atoms with Crippen LogP contribution in [0.1, 0.15) is 32.4 Å². The number of carbonyl (C=O) groups is 2. The summed E-state index contributed by atoms with van der Waals surface area (Å²) in [7, 11) is 1.74. The topological polar surface area (TPSA) is 61.4 Å². The summed E-state index contributed by atoms with van der Waals surface area (Å²) in [4.78, 5) is 25.3. The van der Waals surface area contributed by atoms with E-state index in [1.54, 1.807) is 18.0 Å². The maximum Gasteiger partial charge on any atom is 0.234 e. The standard InChI is InChI=1S/C16H24ClN3O2/c1-11(2)18-15(21)9-20(4)10-16(22)19-12(3)13-6-5-7-14(17)8-13/h5-8,11-12H,9-10H2,1-4H3,(H,18,21)(H,19,22). The number of hydrogen-bond acceptors (Lipinski definition) is 3. The smallest absolute Gasteiger partial charge is 0.234 e. The van der Waals surface area contributed by atoms with Crippen molar-refractivity contribution in [3.8, 4) is 0 Å². The molecule has 122 valence electrons. The van der Waals surface area contributed by atoms with Gasteiger partial charge in [-0.2, -0.15) is 0 Å². The van der Waals surface area contributed by atoms with E-state index in [0.29, 0.717) is 5.02 Å². The highest BCUT2D eigenvalue weighted by Gasteiger charge is 2.14. The molecule has 0 aromatic heterocycles. The lowest BCUT2D eigenvalue weighted by atomic mass is 10.1. The highest BCUT2D eigenvalue weighted by Crippen LogP contribution is 2.17. The van der Waals surface area contributed by atoms with Gasteiger partial charge in [0.05, 0.1) is 19.1 Å². The first kappa shape index (κ1) is 18.5. The molecule has 1 rings (SSSR count). The summed E-state index contributed by atoms with van der Waals surface area (Å²) in [6, 6.07) is 7.34. The van der Waals surface area contributed by atoms with Crippen molar-refractivity contribution in [1.29, 1.82) is 0 Å². The Bertz CT molecular complexity index is 520. The zero-order valence-electron chi connectivity index (χ0n) is 13.5. The van der Waals surface area contributed by atoms with Crippen molar-refractivity contribution in [2.24, 2.45) is 0 Å². The van der Waals surface area contributed by atoms with Gasteiger partial charge in [0.1, 0.15) is 0 Å². The fourth-order valence-electron chi connectivity index (χ4n) is 2.06. The molecule has 0 bridgehead atoms. The SMILES string of the molecule is CC(C)NC(=O)CN(C)CC(=O)NC(C)c1cccc(Cl)c1. The van der Waals surface area contributed by atoms with Crippen LogP contribution in [0.2, 0.25) is 5.02 Å². The molecule has 0 saturated heterocycles. The summed E-state index contributed by atoms with van der Waals surface area (Å²) in [5.41, 5.74) is 0.945. The molecule has 0 aliphatic rings. The molecule has 2 amide bonds. The molecule has 22 heavy (non-hydrogen) atoms. The van der Waals surface area contributed by atoms with Gasteiger partial charge in [0.15, 0.2) is 0 Å². The molecular formula is C16H24ClN3O2. The van der Waals surface area contributed by atoms with Crippen LogP contribution in [0.4, 0.5) is 0 Å². The van der Waals surface area contributed by atoms with Crippen LogP contribution >= 0.6 is 11.6 Å². The largest absolute Gasteiger partial charge is 0.353 e. The highest BCUT2D eigenvalue weighted by atomic mass is 35.5. The van der Waals surface area contributed by atoms with Crippen LogP contribution in [0.25, 0.3) is 0 Å². The maximum absolute atomic E-state index is 12.0. The van der Waals surface area contributed by atoms with Crippen LogP contribution < -0.4 is 10.6 Å². The van der Waals surface area contributed by atoms with Gasteiger partial charge in [-0.05, 0) is 45.5 Å². The third-order valence-corrected chi connectivity index (χ3v) is 3.24. The van der Waals surface area contributed by atoms with E-state index in [2.05, 4.69) is 10.6 Å². The van der Waals surface area contributed by atoms with Crippen molar-refractivity contribution < 1.29 is 9.59 Å². The molecule has 0 spiro atoms. The van der Waals surface area contributed by atoms with Gasteiger partial charge in [-0.1, -0.05) is 23.7 Å². The van der Waals surface area contributed by atoms with Gasteiger partial charge in [0.25, 0.3) is 0 Å². The number of carbonyl (C=O) groups excluding carboxylic acids is 2. The van der Waals surface area contributed by atoms with Crippen molar-refractivity contribution >= 4 is 23.4 Å². The van der Waals surface area contributed by atoms with Gasteiger partial charge in [0.2, 0.25) is 11.8 Å². The number of amides is 2. The Morgan fingerprint density at radius 1 is 1.14 bits per heavy atom. The predicted molar refractivity (Wildman–Crippen MR) is 88.8 cm³/mol. The Labute approximate surface area is 137 Å². The van der Waals surface area contributed by atoms with E-state index in [4.69, 9.17) is 11.6 Å². The predicted octanol–water partition coefficient (Wildman–Crippen LogP) is 1.97. The van der Waals surface area contributed by atoms with Gasteiger partial charge < -0.3 is 10.6 Å². The lowest BCUT2D eigenvalue weighted by molar-refractivity contribution is -0.125. The number of nitrogens with one attached hydrogen (secondary N) is 2. The first-order chi connectivity index (χ1) is 10.3. The molecule has 0 aliphatic carbocycles. The zero-order chi connectivity index (χ0) is 16.7. The highest BCUT2D eigenvalue weighted by molar-refractivity contribution is 6.30. The van der Waals surface area contributed by atoms with Crippen molar-refractivity contribution in [2.75, 3.05) is 20.1 Å². The van der Waals surface area contributed by atoms with Gasteiger partial charge in [-0.3, -0.25) is 14.5 Å².